The van der Waals surface area contributed by atoms with Crippen molar-refractivity contribution >= 4 is 21.7 Å². The van der Waals surface area contributed by atoms with Crippen LogP contribution in [0, 0.1) is 0 Å². The number of likely N-dealkylation sites (tertiary alicyclic amines) is 1. The van der Waals surface area contributed by atoms with Crippen molar-refractivity contribution < 1.29 is 17.9 Å². The molecule has 9 heteroatoms. The van der Waals surface area contributed by atoms with Crippen LogP contribution in [0.3, 0.4) is 0 Å². The molecule has 1 aromatic rings. The van der Waals surface area contributed by atoms with Crippen LogP contribution < -0.4 is 9.64 Å². The first-order chi connectivity index (χ1) is 12.3. The SMILES string of the molecule is CN(CC(=O)N1CCC(Oc2cccnc2N2CCCC2)C1)S(C)(=O)=O. The molecule has 0 bridgehead atoms. The van der Waals surface area contributed by atoms with Gasteiger partial charge in [0.1, 0.15) is 6.10 Å². The Kier molecular flexibility index (Phi) is 5.67. The maximum absolute atomic E-state index is 12.3. The van der Waals surface area contributed by atoms with Gasteiger partial charge in [-0.25, -0.2) is 13.4 Å². The molecule has 0 aromatic carbocycles. The number of anilines is 1. The Morgan fingerprint density at radius 3 is 2.77 bits per heavy atom. The fraction of sp³-hybridized carbons (Fsp3) is 0.647. The molecule has 8 nitrogen and oxygen atoms in total. The Morgan fingerprint density at radius 2 is 2.08 bits per heavy atom. The molecule has 0 aliphatic carbocycles. The second kappa shape index (κ2) is 7.79. The standard InChI is InChI=1S/C17H26N4O4S/c1-19(26(2,23)24)13-16(22)21-11-7-14(12-21)25-15-6-5-8-18-17(15)20-9-3-4-10-20/h5-6,8,14H,3-4,7,9-13H2,1-2H3. The highest BCUT2D eigenvalue weighted by Gasteiger charge is 2.30. The van der Waals surface area contributed by atoms with Crippen molar-refractivity contribution in [1.29, 1.82) is 0 Å². The van der Waals surface area contributed by atoms with Crippen LogP contribution in [-0.2, 0) is 14.8 Å². The number of hydrogen-bond acceptors (Lipinski definition) is 6. The summed E-state index contributed by atoms with van der Waals surface area (Å²) >= 11 is 0. The summed E-state index contributed by atoms with van der Waals surface area (Å²) in [4.78, 5) is 20.7. The van der Waals surface area contributed by atoms with Crippen LogP contribution in [-0.4, -0.2) is 80.6 Å². The Morgan fingerprint density at radius 1 is 1.35 bits per heavy atom. The molecule has 1 aromatic heterocycles. The van der Waals surface area contributed by atoms with Crippen LogP contribution >= 0.6 is 0 Å². The van der Waals surface area contributed by atoms with Crippen molar-refractivity contribution in [2.24, 2.45) is 0 Å². The number of carbonyl (C=O) groups excluding carboxylic acids is 1. The molecule has 2 fully saturated rings. The largest absolute Gasteiger partial charge is 0.485 e. The van der Waals surface area contributed by atoms with Gasteiger partial charge in [-0.3, -0.25) is 4.79 Å². The average molecular weight is 382 g/mol. The van der Waals surface area contributed by atoms with E-state index in [1.807, 2.05) is 12.1 Å². The van der Waals surface area contributed by atoms with Crippen LogP contribution in [0.25, 0.3) is 0 Å². The number of aromatic nitrogens is 1. The Bertz CT molecular complexity index is 749. The third kappa shape index (κ3) is 4.45. The summed E-state index contributed by atoms with van der Waals surface area (Å²) in [7, 11) is -1.95. The fourth-order valence-corrected chi connectivity index (χ4v) is 3.62. The van der Waals surface area contributed by atoms with E-state index in [9.17, 15) is 13.2 Å². The first-order valence-corrected chi connectivity index (χ1v) is 10.7. The number of sulfonamides is 1. The minimum absolute atomic E-state index is 0.104. The summed E-state index contributed by atoms with van der Waals surface area (Å²) in [6, 6.07) is 3.77. The van der Waals surface area contributed by atoms with Gasteiger partial charge >= 0.3 is 0 Å². The highest BCUT2D eigenvalue weighted by molar-refractivity contribution is 7.88. The zero-order chi connectivity index (χ0) is 18.7. The van der Waals surface area contributed by atoms with Crippen LogP contribution in [0.4, 0.5) is 5.82 Å². The van der Waals surface area contributed by atoms with Crippen molar-refractivity contribution in [3.63, 3.8) is 0 Å². The lowest BCUT2D eigenvalue weighted by Crippen LogP contribution is -2.40. The zero-order valence-electron chi connectivity index (χ0n) is 15.3. The highest BCUT2D eigenvalue weighted by Crippen LogP contribution is 2.30. The van der Waals surface area contributed by atoms with E-state index >= 15 is 0 Å². The molecule has 2 aliphatic rings. The van der Waals surface area contributed by atoms with E-state index in [4.69, 9.17) is 4.74 Å². The van der Waals surface area contributed by atoms with Gasteiger partial charge in [-0.2, -0.15) is 4.31 Å². The van der Waals surface area contributed by atoms with Crippen LogP contribution in [0.5, 0.6) is 5.75 Å². The van der Waals surface area contributed by atoms with E-state index in [0.717, 1.165) is 54.5 Å². The molecular formula is C17H26N4O4S. The third-order valence-electron chi connectivity index (χ3n) is 4.87. The van der Waals surface area contributed by atoms with Gasteiger partial charge in [0.05, 0.1) is 19.3 Å². The van der Waals surface area contributed by atoms with Gasteiger partial charge in [-0.1, -0.05) is 0 Å². The summed E-state index contributed by atoms with van der Waals surface area (Å²) in [6.45, 7) is 2.86. The monoisotopic (exact) mass is 382 g/mol. The van der Waals surface area contributed by atoms with Crippen LogP contribution in [0.1, 0.15) is 19.3 Å². The molecule has 3 rings (SSSR count). The number of ether oxygens (including phenoxy) is 1. The maximum Gasteiger partial charge on any atom is 0.238 e. The third-order valence-corrected chi connectivity index (χ3v) is 6.13. The maximum atomic E-state index is 12.3. The molecule has 26 heavy (non-hydrogen) atoms. The number of carbonyl (C=O) groups is 1. The minimum Gasteiger partial charge on any atom is -0.485 e. The normalized spacial score (nSPS) is 20.8. The van der Waals surface area contributed by atoms with Crippen molar-refractivity contribution in [2.75, 3.05) is 50.9 Å². The van der Waals surface area contributed by atoms with E-state index < -0.39 is 10.0 Å². The van der Waals surface area contributed by atoms with Crippen molar-refractivity contribution in [1.82, 2.24) is 14.2 Å². The molecular weight excluding hydrogens is 356 g/mol. The van der Waals surface area contributed by atoms with E-state index in [1.165, 1.54) is 7.05 Å². The van der Waals surface area contributed by atoms with Crippen molar-refractivity contribution in [3.05, 3.63) is 18.3 Å². The van der Waals surface area contributed by atoms with Crippen molar-refractivity contribution in [3.8, 4) is 5.75 Å². The summed E-state index contributed by atoms with van der Waals surface area (Å²) in [5, 5.41) is 0. The topological polar surface area (TPSA) is 83.1 Å². The van der Waals surface area contributed by atoms with Gasteiger partial charge in [0.25, 0.3) is 0 Å². The molecule has 0 N–H and O–H groups in total. The van der Waals surface area contributed by atoms with Gasteiger partial charge in [0, 0.05) is 39.3 Å². The molecule has 0 radical (unpaired) electrons. The second-order valence-electron chi connectivity index (χ2n) is 6.91. The number of likely N-dealkylation sites (N-methyl/N-ethyl adjacent to an activating group) is 1. The van der Waals surface area contributed by atoms with Crippen LogP contribution in [0.15, 0.2) is 18.3 Å². The Balaban J connectivity index is 1.59. The molecule has 0 spiro atoms. The molecule has 1 unspecified atom stereocenters. The first-order valence-electron chi connectivity index (χ1n) is 8.90. The predicted molar refractivity (Wildman–Crippen MR) is 98.8 cm³/mol. The summed E-state index contributed by atoms with van der Waals surface area (Å²) in [5.74, 6) is 1.42. The van der Waals surface area contributed by atoms with E-state index in [2.05, 4.69) is 9.88 Å². The summed E-state index contributed by atoms with van der Waals surface area (Å²) in [6.07, 6.45) is 5.81. The van der Waals surface area contributed by atoms with Gasteiger partial charge in [0.15, 0.2) is 11.6 Å². The first kappa shape index (κ1) is 18.9. The van der Waals surface area contributed by atoms with E-state index in [0.29, 0.717) is 13.1 Å². The molecule has 144 valence electrons. The number of amides is 1. The molecule has 1 atom stereocenters. The number of nitrogens with zero attached hydrogens (tertiary/aromatic N) is 4. The second-order valence-corrected chi connectivity index (χ2v) is 9.00. The molecule has 2 aliphatic heterocycles. The van der Waals surface area contributed by atoms with E-state index in [1.54, 1.807) is 11.1 Å². The molecule has 2 saturated heterocycles. The molecule has 0 saturated carbocycles. The van der Waals surface area contributed by atoms with Gasteiger partial charge in [-0.15, -0.1) is 0 Å². The fourth-order valence-electron chi connectivity index (χ4n) is 3.28. The molecule has 3 heterocycles. The number of hydrogen-bond donors (Lipinski definition) is 0. The Labute approximate surface area is 154 Å². The summed E-state index contributed by atoms with van der Waals surface area (Å²) in [5.41, 5.74) is 0. The van der Waals surface area contributed by atoms with Gasteiger partial charge < -0.3 is 14.5 Å². The molecule has 1 amide bonds. The minimum atomic E-state index is -3.36. The lowest BCUT2D eigenvalue weighted by atomic mass is 10.3. The van der Waals surface area contributed by atoms with Gasteiger partial charge in [0.2, 0.25) is 15.9 Å². The predicted octanol–water partition coefficient (Wildman–Crippen LogP) is 0.553. The quantitative estimate of drug-likeness (QED) is 0.715. The summed E-state index contributed by atoms with van der Waals surface area (Å²) < 4.78 is 30.1. The van der Waals surface area contributed by atoms with Gasteiger partial charge in [-0.05, 0) is 25.0 Å². The van der Waals surface area contributed by atoms with Crippen LogP contribution in [0.2, 0.25) is 0 Å². The van der Waals surface area contributed by atoms with E-state index in [-0.39, 0.29) is 18.6 Å². The zero-order valence-corrected chi connectivity index (χ0v) is 16.1. The lowest BCUT2D eigenvalue weighted by molar-refractivity contribution is -0.130. The Hall–Kier alpha value is -1.87. The smallest absolute Gasteiger partial charge is 0.238 e. The lowest BCUT2D eigenvalue weighted by Gasteiger charge is -2.23. The average Bonchev–Trinajstić information content (AvgIpc) is 3.26. The number of rotatable bonds is 6. The van der Waals surface area contributed by atoms with Crippen molar-refractivity contribution in [2.45, 2.75) is 25.4 Å². The highest BCUT2D eigenvalue weighted by atomic mass is 32.2. The number of pyridine rings is 1.